The molecule has 3 rings (SSSR count). The SMILES string of the molecule is O=C1CN(Cc2cccc(N3CCCC3)c2)C(=O)N1. The lowest BCUT2D eigenvalue weighted by molar-refractivity contribution is -0.118. The van der Waals surface area contributed by atoms with E-state index in [0.29, 0.717) is 6.54 Å². The van der Waals surface area contributed by atoms with Crippen LogP contribution in [0.4, 0.5) is 10.5 Å². The highest BCUT2D eigenvalue weighted by molar-refractivity contribution is 6.01. The van der Waals surface area contributed by atoms with Crippen molar-refractivity contribution in [2.24, 2.45) is 0 Å². The summed E-state index contributed by atoms with van der Waals surface area (Å²) in [4.78, 5) is 26.6. The molecule has 1 aromatic carbocycles. The molecule has 5 heteroatoms. The summed E-state index contributed by atoms with van der Waals surface area (Å²) in [5.74, 6) is -0.222. The van der Waals surface area contributed by atoms with Crippen LogP contribution >= 0.6 is 0 Å². The van der Waals surface area contributed by atoms with E-state index in [1.54, 1.807) is 0 Å². The van der Waals surface area contributed by atoms with E-state index in [2.05, 4.69) is 22.3 Å². The molecule has 2 fully saturated rings. The average molecular weight is 259 g/mol. The van der Waals surface area contributed by atoms with E-state index in [-0.39, 0.29) is 18.5 Å². The lowest BCUT2D eigenvalue weighted by Crippen LogP contribution is -2.27. The van der Waals surface area contributed by atoms with Crippen molar-refractivity contribution in [1.29, 1.82) is 0 Å². The minimum atomic E-state index is -0.295. The number of benzene rings is 1. The van der Waals surface area contributed by atoms with Crippen LogP contribution in [0.1, 0.15) is 18.4 Å². The second-order valence-corrected chi connectivity index (χ2v) is 5.07. The second kappa shape index (κ2) is 4.91. The van der Waals surface area contributed by atoms with Gasteiger partial charge in [-0.15, -0.1) is 0 Å². The van der Waals surface area contributed by atoms with Crippen LogP contribution in [0, 0.1) is 0 Å². The molecule has 0 spiro atoms. The van der Waals surface area contributed by atoms with Crippen LogP contribution in [0.2, 0.25) is 0 Å². The number of nitrogens with zero attached hydrogens (tertiary/aromatic N) is 2. The molecule has 0 atom stereocenters. The number of hydrogen-bond donors (Lipinski definition) is 1. The summed E-state index contributed by atoms with van der Waals surface area (Å²) in [6.45, 7) is 2.85. The minimum Gasteiger partial charge on any atom is -0.372 e. The van der Waals surface area contributed by atoms with Crippen molar-refractivity contribution in [3.05, 3.63) is 29.8 Å². The molecular formula is C14H17N3O2. The van der Waals surface area contributed by atoms with Crippen LogP contribution in [0.5, 0.6) is 0 Å². The summed E-state index contributed by atoms with van der Waals surface area (Å²) in [5, 5.41) is 2.29. The first-order valence-corrected chi connectivity index (χ1v) is 6.65. The highest BCUT2D eigenvalue weighted by Gasteiger charge is 2.26. The van der Waals surface area contributed by atoms with E-state index in [1.165, 1.54) is 23.4 Å². The highest BCUT2D eigenvalue weighted by Crippen LogP contribution is 2.22. The van der Waals surface area contributed by atoms with Crippen molar-refractivity contribution < 1.29 is 9.59 Å². The van der Waals surface area contributed by atoms with Crippen molar-refractivity contribution in [2.45, 2.75) is 19.4 Å². The maximum atomic E-state index is 11.5. The predicted octanol–water partition coefficient (Wildman–Crippen LogP) is 1.34. The molecule has 2 aliphatic rings. The highest BCUT2D eigenvalue weighted by atomic mass is 16.2. The lowest BCUT2D eigenvalue weighted by atomic mass is 10.2. The summed E-state index contributed by atoms with van der Waals surface area (Å²) in [7, 11) is 0. The van der Waals surface area contributed by atoms with Crippen molar-refractivity contribution in [3.8, 4) is 0 Å². The minimum absolute atomic E-state index is 0.159. The maximum Gasteiger partial charge on any atom is 0.324 e. The Kier molecular flexibility index (Phi) is 3.11. The van der Waals surface area contributed by atoms with Crippen molar-refractivity contribution in [2.75, 3.05) is 24.5 Å². The van der Waals surface area contributed by atoms with E-state index in [0.717, 1.165) is 18.7 Å². The van der Waals surface area contributed by atoms with Gasteiger partial charge in [-0.25, -0.2) is 4.79 Å². The molecule has 2 aliphatic heterocycles. The topological polar surface area (TPSA) is 52.7 Å². The van der Waals surface area contributed by atoms with Crippen LogP contribution in [0.15, 0.2) is 24.3 Å². The van der Waals surface area contributed by atoms with Gasteiger partial charge < -0.3 is 9.80 Å². The second-order valence-electron chi connectivity index (χ2n) is 5.07. The number of amides is 3. The Balaban J connectivity index is 1.72. The van der Waals surface area contributed by atoms with Gasteiger partial charge in [-0.05, 0) is 30.5 Å². The van der Waals surface area contributed by atoms with Gasteiger partial charge in [-0.1, -0.05) is 12.1 Å². The zero-order valence-electron chi connectivity index (χ0n) is 10.8. The molecule has 19 heavy (non-hydrogen) atoms. The van der Waals surface area contributed by atoms with Crippen LogP contribution in [0.3, 0.4) is 0 Å². The molecule has 0 aliphatic carbocycles. The number of urea groups is 1. The van der Waals surface area contributed by atoms with E-state index in [9.17, 15) is 9.59 Å². The Hall–Kier alpha value is -2.04. The van der Waals surface area contributed by atoms with Gasteiger partial charge >= 0.3 is 6.03 Å². The first-order valence-electron chi connectivity index (χ1n) is 6.65. The number of nitrogens with one attached hydrogen (secondary N) is 1. The van der Waals surface area contributed by atoms with Gasteiger partial charge in [0.25, 0.3) is 0 Å². The number of carbonyl (C=O) groups is 2. The molecule has 0 aromatic heterocycles. The first-order chi connectivity index (χ1) is 9.22. The molecular weight excluding hydrogens is 242 g/mol. The first kappa shape index (κ1) is 12.0. The Morgan fingerprint density at radius 3 is 2.63 bits per heavy atom. The predicted molar refractivity (Wildman–Crippen MR) is 71.8 cm³/mol. The summed E-state index contributed by atoms with van der Waals surface area (Å²) in [6.07, 6.45) is 2.49. The van der Waals surface area contributed by atoms with Crippen molar-refractivity contribution in [3.63, 3.8) is 0 Å². The zero-order chi connectivity index (χ0) is 13.2. The van der Waals surface area contributed by atoms with Gasteiger partial charge in [0.15, 0.2) is 0 Å². The van der Waals surface area contributed by atoms with Crippen LogP contribution in [-0.4, -0.2) is 36.5 Å². The molecule has 2 saturated heterocycles. The van der Waals surface area contributed by atoms with E-state index < -0.39 is 0 Å². The monoisotopic (exact) mass is 259 g/mol. The smallest absolute Gasteiger partial charge is 0.324 e. The third-order valence-electron chi connectivity index (χ3n) is 3.62. The normalized spacial score (nSPS) is 19.2. The Morgan fingerprint density at radius 1 is 1.16 bits per heavy atom. The summed E-state index contributed by atoms with van der Waals surface area (Å²) in [5.41, 5.74) is 2.27. The molecule has 1 aromatic rings. The number of carbonyl (C=O) groups excluding carboxylic acids is 2. The van der Waals surface area contributed by atoms with Gasteiger partial charge in [0, 0.05) is 25.3 Å². The molecule has 0 saturated carbocycles. The third kappa shape index (κ3) is 2.54. The van der Waals surface area contributed by atoms with Gasteiger partial charge in [-0.2, -0.15) is 0 Å². The summed E-state index contributed by atoms with van der Waals surface area (Å²) < 4.78 is 0. The van der Waals surface area contributed by atoms with E-state index >= 15 is 0 Å². The van der Waals surface area contributed by atoms with Crippen LogP contribution in [-0.2, 0) is 11.3 Å². The van der Waals surface area contributed by atoms with Crippen LogP contribution in [0.25, 0.3) is 0 Å². The van der Waals surface area contributed by atoms with Gasteiger partial charge in [0.1, 0.15) is 6.54 Å². The molecule has 3 amide bonds. The van der Waals surface area contributed by atoms with Crippen molar-refractivity contribution in [1.82, 2.24) is 10.2 Å². The fourth-order valence-corrected chi connectivity index (χ4v) is 2.66. The standard InChI is InChI=1S/C14H17N3O2/c18-13-10-17(14(19)15-13)9-11-4-3-5-12(8-11)16-6-1-2-7-16/h3-5,8H,1-2,6-7,9-10H2,(H,15,18,19). The molecule has 2 heterocycles. The number of imide groups is 1. The summed E-state index contributed by atoms with van der Waals surface area (Å²) >= 11 is 0. The van der Waals surface area contributed by atoms with Gasteiger partial charge in [0.05, 0.1) is 0 Å². The Morgan fingerprint density at radius 2 is 1.95 bits per heavy atom. The lowest BCUT2D eigenvalue weighted by Gasteiger charge is -2.19. The maximum absolute atomic E-state index is 11.5. The fourth-order valence-electron chi connectivity index (χ4n) is 2.66. The molecule has 0 radical (unpaired) electrons. The molecule has 100 valence electrons. The number of rotatable bonds is 3. The molecule has 1 N–H and O–H groups in total. The summed E-state index contributed by atoms with van der Waals surface area (Å²) in [6, 6.07) is 7.93. The largest absolute Gasteiger partial charge is 0.372 e. The van der Waals surface area contributed by atoms with Gasteiger partial charge in [-0.3, -0.25) is 10.1 Å². The quantitative estimate of drug-likeness (QED) is 0.833. The fraction of sp³-hybridized carbons (Fsp3) is 0.429. The number of hydrogen-bond acceptors (Lipinski definition) is 3. The van der Waals surface area contributed by atoms with Crippen LogP contribution < -0.4 is 10.2 Å². The van der Waals surface area contributed by atoms with Gasteiger partial charge in [0.2, 0.25) is 5.91 Å². The zero-order valence-corrected chi connectivity index (χ0v) is 10.8. The molecule has 0 unspecified atom stereocenters. The molecule has 5 nitrogen and oxygen atoms in total. The number of anilines is 1. The Labute approximate surface area is 112 Å². The Bertz CT molecular complexity index is 509. The van der Waals surface area contributed by atoms with Crippen molar-refractivity contribution >= 4 is 17.6 Å². The van der Waals surface area contributed by atoms with E-state index in [1.807, 2.05) is 12.1 Å². The molecule has 0 bridgehead atoms. The third-order valence-corrected chi connectivity index (χ3v) is 3.62. The average Bonchev–Trinajstić information content (AvgIpc) is 3.01. The van der Waals surface area contributed by atoms with E-state index in [4.69, 9.17) is 0 Å².